The largest absolute Gasteiger partial charge is 0.457 e. The van der Waals surface area contributed by atoms with Gasteiger partial charge in [0, 0.05) is 24.4 Å². The maximum atomic E-state index is 12.6. The summed E-state index contributed by atoms with van der Waals surface area (Å²) in [6.07, 6.45) is 6.32. The van der Waals surface area contributed by atoms with E-state index in [1.807, 2.05) is 0 Å². The quantitative estimate of drug-likeness (QED) is 0.306. The number of hydrogen-bond donors (Lipinski definition) is 3. The Balaban J connectivity index is 1.12. The van der Waals surface area contributed by atoms with Crippen LogP contribution in [-0.2, 0) is 23.7 Å². The summed E-state index contributed by atoms with van der Waals surface area (Å²) >= 11 is 0. The Labute approximate surface area is 295 Å². The van der Waals surface area contributed by atoms with E-state index in [4.69, 9.17) is 18.9 Å². The Kier molecular flexibility index (Phi) is 8.65. The van der Waals surface area contributed by atoms with Crippen molar-refractivity contribution in [2.75, 3.05) is 26.3 Å². The van der Waals surface area contributed by atoms with Crippen molar-refractivity contribution < 1.29 is 39.1 Å². The average Bonchev–Trinajstić information content (AvgIpc) is 3.65. The van der Waals surface area contributed by atoms with E-state index in [1.165, 1.54) is 26.2 Å². The summed E-state index contributed by atoms with van der Waals surface area (Å²) in [5.74, 6) is 1.03. The lowest BCUT2D eigenvalue weighted by atomic mass is 9.41. The summed E-state index contributed by atoms with van der Waals surface area (Å²) in [6.45, 7) is 23.2. The van der Waals surface area contributed by atoms with Crippen molar-refractivity contribution in [2.45, 2.75) is 169 Å². The highest BCUT2D eigenvalue weighted by Gasteiger charge is 2.84. The first-order chi connectivity index (χ1) is 22.7. The summed E-state index contributed by atoms with van der Waals surface area (Å²) in [6, 6.07) is 0. The molecule has 2 saturated heterocycles. The molecule has 0 amide bonds. The van der Waals surface area contributed by atoms with E-state index in [0.29, 0.717) is 31.4 Å². The first-order valence-corrected chi connectivity index (χ1v) is 19.6. The standard InChI is InChI=1S/C40H67NO8/c1-23-19-25(33(36(7,8)45)47-24(2)43)48-31-30(23)37(9)15-16-40-21-39(40)14-13-28(49-29-20-41(17-18-46-29)34(3,4)22-42)35(5,6)26(39)11-12-27(40)38(37,10)32(31)44/h23,25-33,42,44-45H,11-22H2,1-10H3/t23-,25?,26+,27+,28+,29?,30?,31?,32+,33+,37-,38-,39-,40?/m1/s1. The molecule has 5 saturated carbocycles. The number of carbonyl (C=O) groups excluding carboxylic acids is 1. The van der Waals surface area contributed by atoms with Gasteiger partial charge in [0.1, 0.15) is 0 Å². The van der Waals surface area contributed by atoms with E-state index in [-0.39, 0.29) is 69.6 Å². The number of fused-ring (bicyclic) bond motifs is 4. The zero-order chi connectivity index (χ0) is 35.7. The van der Waals surface area contributed by atoms with Crippen LogP contribution in [0, 0.1) is 50.7 Å². The minimum absolute atomic E-state index is 0.00244. The molecule has 2 spiro atoms. The molecule has 9 heteroatoms. The Morgan fingerprint density at radius 1 is 1.02 bits per heavy atom. The fourth-order valence-corrected chi connectivity index (χ4v) is 14.1. The zero-order valence-electron chi connectivity index (χ0n) is 32.1. The van der Waals surface area contributed by atoms with Crippen molar-refractivity contribution in [3.8, 4) is 0 Å². The SMILES string of the molecule is CC(=O)O[C@@H](C1C[C@@H](C)C2C(O1)[C@H](O)[C@@]1(C)[C@@H]3CC[C@H]4C(C)(C)[C@@H](OC5CN(C(C)(C)CO)CCO5)CC[C@@]45CC35CC[C@]21C)C(C)(C)O. The Bertz CT molecular complexity index is 1300. The lowest BCUT2D eigenvalue weighted by Gasteiger charge is -2.64. The van der Waals surface area contributed by atoms with Crippen LogP contribution in [0.3, 0.4) is 0 Å². The number of nitrogens with zero attached hydrogens (tertiary/aromatic N) is 1. The van der Waals surface area contributed by atoms with Gasteiger partial charge in [-0.05, 0) is 124 Å². The molecule has 2 heterocycles. The normalized spacial score (nSPS) is 49.9. The van der Waals surface area contributed by atoms with Crippen molar-refractivity contribution in [1.29, 1.82) is 0 Å². The summed E-state index contributed by atoms with van der Waals surface area (Å²) in [7, 11) is 0. The fraction of sp³-hybridized carbons (Fsp3) is 0.975. The van der Waals surface area contributed by atoms with Crippen molar-refractivity contribution in [2.24, 2.45) is 50.7 Å². The third kappa shape index (κ3) is 5.05. The molecule has 7 aliphatic rings. The van der Waals surface area contributed by atoms with Gasteiger partial charge in [-0.15, -0.1) is 0 Å². The van der Waals surface area contributed by atoms with Crippen molar-refractivity contribution >= 4 is 5.97 Å². The molecular weight excluding hydrogens is 622 g/mol. The van der Waals surface area contributed by atoms with E-state index < -0.39 is 29.9 Å². The minimum atomic E-state index is -1.26. The van der Waals surface area contributed by atoms with Crippen molar-refractivity contribution in [3.63, 3.8) is 0 Å². The van der Waals surface area contributed by atoms with Gasteiger partial charge in [0.25, 0.3) is 0 Å². The van der Waals surface area contributed by atoms with E-state index >= 15 is 0 Å². The van der Waals surface area contributed by atoms with Crippen LogP contribution < -0.4 is 0 Å². The number of hydrogen-bond acceptors (Lipinski definition) is 9. The molecule has 2 aliphatic heterocycles. The van der Waals surface area contributed by atoms with E-state index in [1.54, 1.807) is 13.8 Å². The lowest BCUT2D eigenvalue weighted by Crippen LogP contribution is -2.60. The fourth-order valence-electron chi connectivity index (χ4n) is 14.1. The first-order valence-electron chi connectivity index (χ1n) is 19.6. The van der Waals surface area contributed by atoms with E-state index in [2.05, 4.69) is 53.4 Å². The second-order valence-electron chi connectivity index (χ2n) is 20.1. The zero-order valence-corrected chi connectivity index (χ0v) is 32.1. The monoisotopic (exact) mass is 689 g/mol. The second-order valence-corrected chi connectivity index (χ2v) is 20.1. The van der Waals surface area contributed by atoms with Crippen LogP contribution in [0.5, 0.6) is 0 Å². The molecule has 0 aromatic rings. The number of ether oxygens (including phenoxy) is 4. The molecule has 5 unspecified atom stereocenters. The highest BCUT2D eigenvalue weighted by molar-refractivity contribution is 5.66. The van der Waals surface area contributed by atoms with Crippen LogP contribution in [0.1, 0.15) is 121 Å². The Hall–Kier alpha value is -0.810. The summed E-state index contributed by atoms with van der Waals surface area (Å²) < 4.78 is 25.6. The third-order valence-electron chi connectivity index (χ3n) is 16.7. The van der Waals surface area contributed by atoms with Gasteiger partial charge < -0.3 is 34.3 Å². The van der Waals surface area contributed by atoms with Crippen LogP contribution in [-0.4, -0.2) is 100 Å². The van der Waals surface area contributed by atoms with E-state index in [9.17, 15) is 20.1 Å². The number of esters is 1. The molecule has 49 heavy (non-hydrogen) atoms. The smallest absolute Gasteiger partial charge is 0.303 e. The van der Waals surface area contributed by atoms with Gasteiger partial charge in [0.2, 0.25) is 0 Å². The maximum Gasteiger partial charge on any atom is 0.303 e. The van der Waals surface area contributed by atoms with Crippen LogP contribution in [0.25, 0.3) is 0 Å². The topological polar surface area (TPSA) is 118 Å². The van der Waals surface area contributed by atoms with Crippen LogP contribution >= 0.6 is 0 Å². The van der Waals surface area contributed by atoms with Crippen LogP contribution in [0.2, 0.25) is 0 Å². The minimum Gasteiger partial charge on any atom is -0.457 e. The Morgan fingerprint density at radius 3 is 2.35 bits per heavy atom. The highest BCUT2D eigenvalue weighted by atomic mass is 16.7. The number of aliphatic hydroxyl groups is 3. The average molecular weight is 690 g/mol. The molecule has 0 aromatic heterocycles. The lowest BCUT2D eigenvalue weighted by molar-refractivity contribution is -0.254. The molecule has 14 atom stereocenters. The van der Waals surface area contributed by atoms with Gasteiger partial charge in [-0.25, -0.2) is 0 Å². The van der Waals surface area contributed by atoms with Gasteiger partial charge in [0.05, 0.1) is 49.8 Å². The number of aliphatic hydroxyl groups excluding tert-OH is 2. The predicted molar refractivity (Wildman–Crippen MR) is 185 cm³/mol. The molecule has 0 aromatic carbocycles. The van der Waals surface area contributed by atoms with Crippen molar-refractivity contribution in [3.05, 3.63) is 0 Å². The van der Waals surface area contributed by atoms with Gasteiger partial charge in [-0.1, -0.05) is 34.6 Å². The van der Waals surface area contributed by atoms with Gasteiger partial charge in [-0.2, -0.15) is 0 Å². The summed E-state index contributed by atoms with van der Waals surface area (Å²) in [4.78, 5) is 14.4. The molecule has 7 fully saturated rings. The molecule has 0 bridgehead atoms. The summed E-state index contributed by atoms with van der Waals surface area (Å²) in [5, 5.41) is 33.6. The molecule has 5 aliphatic carbocycles. The summed E-state index contributed by atoms with van der Waals surface area (Å²) in [5.41, 5.74) is -1.39. The first kappa shape index (κ1) is 36.5. The number of morpholine rings is 1. The molecular formula is C40H67NO8. The van der Waals surface area contributed by atoms with Gasteiger partial charge in [-0.3, -0.25) is 9.69 Å². The van der Waals surface area contributed by atoms with Gasteiger partial charge in [0.15, 0.2) is 12.4 Å². The third-order valence-corrected chi connectivity index (χ3v) is 16.7. The number of carbonyl (C=O) groups is 1. The van der Waals surface area contributed by atoms with Crippen LogP contribution in [0.4, 0.5) is 0 Å². The van der Waals surface area contributed by atoms with Gasteiger partial charge >= 0.3 is 5.97 Å². The van der Waals surface area contributed by atoms with Crippen molar-refractivity contribution in [1.82, 2.24) is 4.90 Å². The number of rotatable bonds is 7. The molecule has 280 valence electrons. The van der Waals surface area contributed by atoms with Crippen LogP contribution in [0.15, 0.2) is 0 Å². The molecule has 0 radical (unpaired) electrons. The highest BCUT2D eigenvalue weighted by Crippen LogP contribution is 2.89. The Morgan fingerprint density at radius 2 is 1.69 bits per heavy atom. The van der Waals surface area contributed by atoms with E-state index in [0.717, 1.165) is 32.2 Å². The predicted octanol–water partition coefficient (Wildman–Crippen LogP) is 5.32. The second kappa shape index (κ2) is 11.6. The maximum absolute atomic E-state index is 12.6. The molecule has 7 rings (SSSR count). The molecule has 9 nitrogen and oxygen atoms in total. The molecule has 3 N–H and O–H groups in total.